The number of pyridine rings is 1. The van der Waals surface area contributed by atoms with Gasteiger partial charge < -0.3 is 15.5 Å². The van der Waals surface area contributed by atoms with Gasteiger partial charge in [-0.2, -0.15) is 0 Å². The highest BCUT2D eigenvalue weighted by molar-refractivity contribution is 6.30. The molecule has 1 aromatic heterocycles. The maximum atomic E-state index is 6.01. The standard InChI is InChI=1S/C20H28ClN5/c1-4-22-20(24-14-12-18-7-5-6-13-23-18)25-15-19(26(2)3)16-8-10-17(21)11-9-16/h5-11,13,19H,4,12,14-15H2,1-3H3,(H2,22,24,25). The van der Waals surface area contributed by atoms with Gasteiger partial charge in [0.2, 0.25) is 0 Å². The van der Waals surface area contributed by atoms with Crippen molar-refractivity contribution >= 4 is 17.6 Å². The van der Waals surface area contributed by atoms with E-state index in [1.807, 2.05) is 36.5 Å². The van der Waals surface area contributed by atoms with E-state index in [0.29, 0.717) is 6.54 Å². The van der Waals surface area contributed by atoms with Crippen molar-refractivity contribution in [1.29, 1.82) is 0 Å². The summed E-state index contributed by atoms with van der Waals surface area (Å²) in [6.45, 7) is 4.34. The lowest BCUT2D eigenvalue weighted by molar-refractivity contribution is 0.306. The Morgan fingerprint density at radius 3 is 2.54 bits per heavy atom. The molecule has 140 valence electrons. The van der Waals surface area contributed by atoms with Crippen molar-refractivity contribution in [2.75, 3.05) is 33.7 Å². The number of aliphatic imine (C=N–C) groups is 1. The van der Waals surface area contributed by atoms with E-state index in [-0.39, 0.29) is 6.04 Å². The number of likely N-dealkylation sites (N-methyl/N-ethyl adjacent to an activating group) is 1. The first-order valence-electron chi connectivity index (χ1n) is 8.94. The van der Waals surface area contributed by atoms with Crippen LogP contribution in [0.1, 0.15) is 24.2 Å². The van der Waals surface area contributed by atoms with Crippen LogP contribution < -0.4 is 10.6 Å². The van der Waals surface area contributed by atoms with E-state index in [4.69, 9.17) is 16.6 Å². The highest BCUT2D eigenvalue weighted by atomic mass is 35.5. The van der Waals surface area contributed by atoms with E-state index in [1.54, 1.807) is 0 Å². The minimum Gasteiger partial charge on any atom is -0.357 e. The zero-order chi connectivity index (χ0) is 18.8. The Bertz CT molecular complexity index is 670. The summed E-state index contributed by atoms with van der Waals surface area (Å²) in [4.78, 5) is 11.3. The molecule has 0 saturated carbocycles. The first-order valence-corrected chi connectivity index (χ1v) is 9.32. The predicted octanol–water partition coefficient (Wildman–Crippen LogP) is 3.14. The second-order valence-corrected chi connectivity index (χ2v) is 6.68. The van der Waals surface area contributed by atoms with Gasteiger partial charge in [0.25, 0.3) is 0 Å². The van der Waals surface area contributed by atoms with E-state index in [2.05, 4.69) is 53.7 Å². The van der Waals surface area contributed by atoms with Crippen LogP contribution in [-0.4, -0.2) is 49.6 Å². The molecule has 26 heavy (non-hydrogen) atoms. The zero-order valence-electron chi connectivity index (χ0n) is 15.7. The fourth-order valence-corrected chi connectivity index (χ4v) is 2.75. The third kappa shape index (κ3) is 6.65. The van der Waals surface area contributed by atoms with Crippen LogP contribution in [0.2, 0.25) is 5.02 Å². The lowest BCUT2D eigenvalue weighted by Gasteiger charge is -2.24. The van der Waals surface area contributed by atoms with Crippen LogP contribution in [0.5, 0.6) is 0 Å². The highest BCUT2D eigenvalue weighted by Crippen LogP contribution is 2.20. The van der Waals surface area contributed by atoms with Crippen molar-refractivity contribution < 1.29 is 0 Å². The van der Waals surface area contributed by atoms with Crippen LogP contribution in [0.25, 0.3) is 0 Å². The smallest absolute Gasteiger partial charge is 0.191 e. The number of aromatic nitrogens is 1. The summed E-state index contributed by atoms with van der Waals surface area (Å²) in [5.74, 6) is 0.823. The van der Waals surface area contributed by atoms with Gasteiger partial charge >= 0.3 is 0 Å². The molecular weight excluding hydrogens is 346 g/mol. The summed E-state index contributed by atoms with van der Waals surface area (Å²) in [5.41, 5.74) is 2.27. The van der Waals surface area contributed by atoms with E-state index in [9.17, 15) is 0 Å². The molecule has 2 aromatic rings. The Labute approximate surface area is 161 Å². The molecule has 1 heterocycles. The van der Waals surface area contributed by atoms with Gasteiger partial charge in [0.1, 0.15) is 0 Å². The normalized spacial score (nSPS) is 12.9. The third-order valence-corrected chi connectivity index (χ3v) is 4.30. The molecule has 0 aliphatic carbocycles. The molecule has 2 N–H and O–H groups in total. The molecule has 1 aromatic carbocycles. The average molecular weight is 374 g/mol. The van der Waals surface area contributed by atoms with Gasteiger partial charge in [-0.15, -0.1) is 0 Å². The molecular formula is C20H28ClN5. The molecule has 1 atom stereocenters. The number of hydrogen-bond donors (Lipinski definition) is 2. The SMILES string of the molecule is CCNC(=NCC(c1ccc(Cl)cc1)N(C)C)NCCc1ccccn1. The van der Waals surface area contributed by atoms with Crippen molar-refractivity contribution in [2.45, 2.75) is 19.4 Å². The van der Waals surface area contributed by atoms with Crippen molar-refractivity contribution in [3.05, 3.63) is 64.9 Å². The van der Waals surface area contributed by atoms with E-state index < -0.39 is 0 Å². The summed E-state index contributed by atoms with van der Waals surface area (Å²) in [7, 11) is 4.13. The van der Waals surface area contributed by atoms with Gasteiger partial charge in [0.15, 0.2) is 5.96 Å². The minimum atomic E-state index is 0.193. The van der Waals surface area contributed by atoms with Crippen molar-refractivity contribution in [2.24, 2.45) is 4.99 Å². The number of hydrogen-bond acceptors (Lipinski definition) is 3. The molecule has 0 amide bonds. The number of nitrogens with one attached hydrogen (secondary N) is 2. The second-order valence-electron chi connectivity index (χ2n) is 6.25. The van der Waals surface area contributed by atoms with Crippen LogP contribution in [-0.2, 0) is 6.42 Å². The zero-order valence-corrected chi connectivity index (χ0v) is 16.5. The molecule has 1 unspecified atom stereocenters. The maximum Gasteiger partial charge on any atom is 0.191 e. The molecule has 0 spiro atoms. The van der Waals surface area contributed by atoms with Crippen molar-refractivity contribution in [1.82, 2.24) is 20.5 Å². The van der Waals surface area contributed by atoms with Crippen molar-refractivity contribution in [3.8, 4) is 0 Å². The number of rotatable bonds is 8. The molecule has 5 nitrogen and oxygen atoms in total. The molecule has 2 rings (SSSR count). The first-order chi connectivity index (χ1) is 12.6. The number of halogens is 1. The van der Waals surface area contributed by atoms with Crippen LogP contribution in [0.3, 0.4) is 0 Å². The van der Waals surface area contributed by atoms with E-state index in [0.717, 1.165) is 36.2 Å². The second kappa shape index (κ2) is 10.8. The lowest BCUT2D eigenvalue weighted by Crippen LogP contribution is -2.39. The quantitative estimate of drug-likeness (QED) is 0.551. The number of benzene rings is 1. The molecule has 0 bridgehead atoms. The third-order valence-electron chi connectivity index (χ3n) is 4.04. The maximum absolute atomic E-state index is 6.01. The monoisotopic (exact) mass is 373 g/mol. The van der Waals surface area contributed by atoms with Gasteiger partial charge in [-0.25, -0.2) is 0 Å². The molecule has 0 radical (unpaired) electrons. The molecule has 0 aliphatic heterocycles. The molecule has 0 fully saturated rings. The topological polar surface area (TPSA) is 52.6 Å². The van der Waals surface area contributed by atoms with Gasteiger partial charge in [-0.1, -0.05) is 29.8 Å². The molecule has 0 saturated heterocycles. The predicted molar refractivity (Wildman–Crippen MR) is 110 cm³/mol. The highest BCUT2D eigenvalue weighted by Gasteiger charge is 2.14. The van der Waals surface area contributed by atoms with Crippen LogP contribution in [0, 0.1) is 0 Å². The summed E-state index contributed by atoms with van der Waals surface area (Å²) in [6.07, 6.45) is 2.68. The van der Waals surface area contributed by atoms with Gasteiger partial charge in [0.05, 0.1) is 12.6 Å². The molecule has 0 aliphatic rings. The number of guanidine groups is 1. The summed E-state index contributed by atoms with van der Waals surface area (Å²) < 4.78 is 0. The van der Waals surface area contributed by atoms with Gasteiger partial charge in [-0.3, -0.25) is 9.98 Å². The van der Waals surface area contributed by atoms with Crippen LogP contribution in [0.15, 0.2) is 53.7 Å². The summed E-state index contributed by atoms with van der Waals surface area (Å²) >= 11 is 6.01. The largest absolute Gasteiger partial charge is 0.357 e. The van der Waals surface area contributed by atoms with Crippen LogP contribution in [0.4, 0.5) is 0 Å². The van der Waals surface area contributed by atoms with Gasteiger partial charge in [-0.05, 0) is 50.8 Å². The fourth-order valence-electron chi connectivity index (χ4n) is 2.63. The van der Waals surface area contributed by atoms with Crippen LogP contribution >= 0.6 is 11.6 Å². The fraction of sp³-hybridized carbons (Fsp3) is 0.400. The minimum absolute atomic E-state index is 0.193. The van der Waals surface area contributed by atoms with Gasteiger partial charge in [0, 0.05) is 36.4 Å². The Morgan fingerprint density at radius 2 is 1.92 bits per heavy atom. The number of nitrogens with zero attached hydrogens (tertiary/aromatic N) is 3. The average Bonchev–Trinajstić information content (AvgIpc) is 2.64. The Hall–Kier alpha value is -2.11. The van der Waals surface area contributed by atoms with E-state index in [1.165, 1.54) is 5.56 Å². The first kappa shape index (κ1) is 20.2. The Balaban J connectivity index is 1.97. The Kier molecular flexibility index (Phi) is 8.38. The summed E-state index contributed by atoms with van der Waals surface area (Å²) in [5, 5.41) is 7.44. The van der Waals surface area contributed by atoms with E-state index >= 15 is 0 Å². The molecule has 6 heteroatoms. The lowest BCUT2D eigenvalue weighted by atomic mass is 10.1. The van der Waals surface area contributed by atoms with Crippen molar-refractivity contribution in [3.63, 3.8) is 0 Å². The summed E-state index contributed by atoms with van der Waals surface area (Å²) in [6, 6.07) is 14.1. The Morgan fingerprint density at radius 1 is 1.15 bits per heavy atom.